The van der Waals surface area contributed by atoms with E-state index in [2.05, 4.69) is 36.2 Å². The second-order valence-electron chi connectivity index (χ2n) is 4.80. The molecule has 3 N–H and O–H groups in total. The SMILES string of the molecule is Cc1cccc(N2CCNC(=O)C2CCN)c1C. The van der Waals surface area contributed by atoms with Crippen molar-refractivity contribution in [3.63, 3.8) is 0 Å². The fourth-order valence-electron chi connectivity index (χ4n) is 2.49. The third-order valence-electron chi connectivity index (χ3n) is 3.66. The Balaban J connectivity index is 2.34. The third-order valence-corrected chi connectivity index (χ3v) is 3.66. The van der Waals surface area contributed by atoms with Crippen molar-refractivity contribution in [3.05, 3.63) is 29.3 Å². The lowest BCUT2D eigenvalue weighted by Gasteiger charge is -2.37. The monoisotopic (exact) mass is 247 g/mol. The fraction of sp³-hybridized carbons (Fsp3) is 0.500. The molecule has 4 heteroatoms. The molecular weight excluding hydrogens is 226 g/mol. The molecule has 1 aliphatic rings. The first-order chi connectivity index (χ1) is 8.65. The number of piperazine rings is 1. The summed E-state index contributed by atoms with van der Waals surface area (Å²) in [5.41, 5.74) is 9.28. The van der Waals surface area contributed by atoms with Crippen molar-refractivity contribution in [1.29, 1.82) is 0 Å². The molecule has 1 atom stereocenters. The number of nitrogens with zero attached hydrogens (tertiary/aromatic N) is 1. The molecule has 0 saturated carbocycles. The first-order valence-corrected chi connectivity index (χ1v) is 6.45. The summed E-state index contributed by atoms with van der Waals surface area (Å²) in [6, 6.07) is 6.10. The molecule has 1 fully saturated rings. The molecule has 0 aliphatic carbocycles. The maximum Gasteiger partial charge on any atom is 0.242 e. The lowest BCUT2D eigenvalue weighted by Crippen LogP contribution is -2.56. The highest BCUT2D eigenvalue weighted by molar-refractivity contribution is 5.87. The highest BCUT2D eigenvalue weighted by atomic mass is 16.2. The van der Waals surface area contributed by atoms with Crippen molar-refractivity contribution in [2.45, 2.75) is 26.3 Å². The van der Waals surface area contributed by atoms with Crippen LogP contribution < -0.4 is 16.0 Å². The maximum absolute atomic E-state index is 12.0. The molecule has 0 radical (unpaired) electrons. The normalized spacial score (nSPS) is 19.8. The van der Waals surface area contributed by atoms with Crippen LogP contribution in [0.2, 0.25) is 0 Å². The second-order valence-corrected chi connectivity index (χ2v) is 4.80. The van der Waals surface area contributed by atoms with Crippen molar-refractivity contribution in [3.8, 4) is 0 Å². The van der Waals surface area contributed by atoms with Crippen molar-refractivity contribution < 1.29 is 4.79 Å². The summed E-state index contributed by atoms with van der Waals surface area (Å²) in [6.45, 7) is 6.28. The van der Waals surface area contributed by atoms with Gasteiger partial charge in [-0.1, -0.05) is 12.1 Å². The zero-order valence-electron chi connectivity index (χ0n) is 11.1. The molecule has 0 bridgehead atoms. The smallest absolute Gasteiger partial charge is 0.242 e. The molecule has 1 aromatic carbocycles. The number of benzene rings is 1. The number of rotatable bonds is 3. The lowest BCUT2D eigenvalue weighted by molar-refractivity contribution is -0.123. The summed E-state index contributed by atoms with van der Waals surface area (Å²) in [4.78, 5) is 14.1. The molecule has 1 saturated heterocycles. The first kappa shape index (κ1) is 12.9. The van der Waals surface area contributed by atoms with Crippen LogP contribution in [0.4, 0.5) is 5.69 Å². The fourth-order valence-corrected chi connectivity index (χ4v) is 2.49. The van der Waals surface area contributed by atoms with Gasteiger partial charge in [0.1, 0.15) is 6.04 Å². The summed E-state index contributed by atoms with van der Waals surface area (Å²) in [6.07, 6.45) is 0.694. The number of hydrogen-bond acceptors (Lipinski definition) is 3. The minimum absolute atomic E-state index is 0.0904. The van der Waals surface area contributed by atoms with Gasteiger partial charge in [-0.05, 0) is 44.0 Å². The molecular formula is C14H21N3O. The molecule has 0 spiro atoms. The van der Waals surface area contributed by atoms with Crippen LogP contribution in [0.25, 0.3) is 0 Å². The van der Waals surface area contributed by atoms with E-state index in [4.69, 9.17) is 5.73 Å². The highest BCUT2D eigenvalue weighted by Gasteiger charge is 2.29. The van der Waals surface area contributed by atoms with E-state index in [1.54, 1.807) is 0 Å². The van der Waals surface area contributed by atoms with Crippen LogP contribution in [0.1, 0.15) is 17.5 Å². The van der Waals surface area contributed by atoms with E-state index in [1.807, 2.05) is 6.07 Å². The summed E-state index contributed by atoms with van der Waals surface area (Å²) in [5.74, 6) is 0.0904. The van der Waals surface area contributed by atoms with E-state index < -0.39 is 0 Å². The van der Waals surface area contributed by atoms with Crippen molar-refractivity contribution in [2.24, 2.45) is 5.73 Å². The zero-order chi connectivity index (χ0) is 13.1. The Kier molecular flexibility index (Phi) is 3.87. The Hall–Kier alpha value is -1.55. The largest absolute Gasteiger partial charge is 0.357 e. The van der Waals surface area contributed by atoms with Gasteiger partial charge < -0.3 is 16.0 Å². The molecule has 4 nitrogen and oxygen atoms in total. The number of aryl methyl sites for hydroxylation is 1. The number of nitrogens with one attached hydrogen (secondary N) is 1. The molecule has 1 amide bonds. The molecule has 1 aromatic rings. The van der Waals surface area contributed by atoms with Gasteiger partial charge in [0.2, 0.25) is 5.91 Å². The molecule has 98 valence electrons. The summed E-state index contributed by atoms with van der Waals surface area (Å²) in [5, 5.41) is 2.91. The van der Waals surface area contributed by atoms with Gasteiger partial charge in [-0.3, -0.25) is 4.79 Å². The van der Waals surface area contributed by atoms with Crippen LogP contribution in [0.5, 0.6) is 0 Å². The molecule has 1 heterocycles. The van der Waals surface area contributed by atoms with Gasteiger partial charge >= 0.3 is 0 Å². The van der Waals surface area contributed by atoms with Gasteiger partial charge in [0.15, 0.2) is 0 Å². The van der Waals surface area contributed by atoms with E-state index in [0.717, 1.165) is 12.2 Å². The Morgan fingerprint density at radius 2 is 2.22 bits per heavy atom. The van der Waals surface area contributed by atoms with Crippen molar-refractivity contribution >= 4 is 11.6 Å². The minimum atomic E-state index is -0.135. The Morgan fingerprint density at radius 1 is 1.44 bits per heavy atom. The predicted octanol–water partition coefficient (Wildman–Crippen LogP) is 0.957. The number of nitrogens with two attached hydrogens (primary N) is 1. The number of hydrogen-bond donors (Lipinski definition) is 2. The third kappa shape index (κ3) is 2.34. The maximum atomic E-state index is 12.0. The topological polar surface area (TPSA) is 58.4 Å². The van der Waals surface area contributed by atoms with Crippen LogP contribution >= 0.6 is 0 Å². The van der Waals surface area contributed by atoms with E-state index in [-0.39, 0.29) is 11.9 Å². The average molecular weight is 247 g/mol. The van der Waals surface area contributed by atoms with Gasteiger partial charge in [0.05, 0.1) is 0 Å². The summed E-state index contributed by atoms with van der Waals surface area (Å²) >= 11 is 0. The van der Waals surface area contributed by atoms with Gasteiger partial charge in [-0.25, -0.2) is 0 Å². The van der Waals surface area contributed by atoms with E-state index >= 15 is 0 Å². The average Bonchev–Trinajstić information content (AvgIpc) is 2.36. The standard InChI is InChI=1S/C14H21N3O/c1-10-4-3-5-12(11(10)2)17-9-8-16-14(18)13(17)6-7-15/h3-5,13H,6-9,15H2,1-2H3,(H,16,18). The Bertz CT molecular complexity index is 445. The van der Waals surface area contributed by atoms with Gasteiger partial charge in [-0.15, -0.1) is 0 Å². The minimum Gasteiger partial charge on any atom is -0.357 e. The van der Waals surface area contributed by atoms with E-state index in [1.165, 1.54) is 11.1 Å². The second kappa shape index (κ2) is 5.40. The first-order valence-electron chi connectivity index (χ1n) is 6.45. The Morgan fingerprint density at radius 3 is 2.94 bits per heavy atom. The van der Waals surface area contributed by atoms with Crippen LogP contribution in [0, 0.1) is 13.8 Å². The predicted molar refractivity (Wildman–Crippen MR) is 73.7 cm³/mol. The van der Waals surface area contributed by atoms with E-state index in [9.17, 15) is 4.79 Å². The highest BCUT2D eigenvalue weighted by Crippen LogP contribution is 2.26. The van der Waals surface area contributed by atoms with E-state index in [0.29, 0.717) is 19.5 Å². The number of carbonyl (C=O) groups is 1. The summed E-state index contributed by atoms with van der Waals surface area (Å²) < 4.78 is 0. The van der Waals surface area contributed by atoms with Crippen LogP contribution in [0.15, 0.2) is 18.2 Å². The molecule has 1 unspecified atom stereocenters. The molecule has 2 rings (SSSR count). The number of carbonyl (C=O) groups excluding carboxylic acids is 1. The van der Waals surface area contributed by atoms with Gasteiger partial charge in [0.25, 0.3) is 0 Å². The van der Waals surface area contributed by atoms with Crippen molar-refractivity contribution in [2.75, 3.05) is 24.5 Å². The number of anilines is 1. The van der Waals surface area contributed by atoms with Crippen LogP contribution in [0.3, 0.4) is 0 Å². The number of amides is 1. The van der Waals surface area contributed by atoms with Gasteiger partial charge in [-0.2, -0.15) is 0 Å². The Labute approximate surface area is 108 Å². The van der Waals surface area contributed by atoms with Crippen molar-refractivity contribution in [1.82, 2.24) is 5.32 Å². The zero-order valence-corrected chi connectivity index (χ0v) is 11.1. The summed E-state index contributed by atoms with van der Waals surface area (Å²) in [7, 11) is 0. The quantitative estimate of drug-likeness (QED) is 0.836. The molecule has 1 aliphatic heterocycles. The molecule has 0 aromatic heterocycles. The lowest BCUT2D eigenvalue weighted by atomic mass is 10.0. The van der Waals surface area contributed by atoms with Gasteiger partial charge in [0, 0.05) is 18.8 Å². The van der Waals surface area contributed by atoms with Crippen LogP contribution in [-0.4, -0.2) is 31.6 Å². The molecule has 18 heavy (non-hydrogen) atoms. The van der Waals surface area contributed by atoms with Crippen LogP contribution in [-0.2, 0) is 4.79 Å².